The van der Waals surface area contributed by atoms with E-state index < -0.39 is 15.5 Å². The van der Waals surface area contributed by atoms with E-state index in [-0.39, 0.29) is 11.1 Å². The van der Waals surface area contributed by atoms with Crippen LogP contribution < -0.4 is 5.32 Å². The Balaban J connectivity index is 2.30. The van der Waals surface area contributed by atoms with Gasteiger partial charge in [-0.25, -0.2) is 8.60 Å². The van der Waals surface area contributed by atoms with Crippen LogP contribution in [0.25, 0.3) is 0 Å². The van der Waals surface area contributed by atoms with Crippen LogP contribution in [0.4, 0.5) is 10.1 Å². The summed E-state index contributed by atoms with van der Waals surface area (Å²) in [4.78, 5) is 0. The van der Waals surface area contributed by atoms with Gasteiger partial charge in [0.25, 0.3) is 0 Å². The van der Waals surface area contributed by atoms with Crippen LogP contribution in [0.3, 0.4) is 0 Å². The lowest BCUT2D eigenvalue weighted by atomic mass is 10.3. The first-order chi connectivity index (χ1) is 8.02. The van der Waals surface area contributed by atoms with Gasteiger partial charge in [0.1, 0.15) is 5.82 Å². The van der Waals surface area contributed by atoms with Crippen LogP contribution in [0.5, 0.6) is 0 Å². The molecular weight excluding hydrogens is 263 g/mol. The molecule has 0 saturated carbocycles. The molecule has 0 aromatic heterocycles. The average Bonchev–Trinajstić information content (AvgIpc) is 2.66. The number of halogens is 2. The molecule has 1 saturated heterocycles. The molecule has 0 radical (unpaired) electrons. The van der Waals surface area contributed by atoms with Gasteiger partial charge in [-0.3, -0.25) is 0 Å². The van der Waals surface area contributed by atoms with Gasteiger partial charge in [-0.1, -0.05) is 11.6 Å². The van der Waals surface area contributed by atoms with Crippen molar-refractivity contribution in [1.29, 1.82) is 0 Å². The first-order valence-electron chi connectivity index (χ1n) is 5.37. The predicted molar refractivity (Wildman–Crippen MR) is 68.8 cm³/mol. The molecule has 0 bridgehead atoms. The summed E-state index contributed by atoms with van der Waals surface area (Å²) >= 11 is 5.58. The summed E-state index contributed by atoms with van der Waals surface area (Å²) in [5.74, 6) is 0.551. The highest BCUT2D eigenvalue weighted by atomic mass is 35.5. The largest absolute Gasteiger partial charge is 0.316 e. The van der Waals surface area contributed by atoms with Gasteiger partial charge in [-0.2, -0.15) is 4.36 Å². The molecule has 1 heterocycles. The van der Waals surface area contributed by atoms with E-state index in [0.717, 1.165) is 6.42 Å². The van der Waals surface area contributed by atoms with E-state index in [1.165, 1.54) is 12.1 Å². The Kier molecular flexibility index (Phi) is 3.70. The highest BCUT2D eigenvalue weighted by molar-refractivity contribution is 7.94. The van der Waals surface area contributed by atoms with Gasteiger partial charge in [-0.05, 0) is 25.6 Å². The summed E-state index contributed by atoms with van der Waals surface area (Å²) in [6, 6.07) is 4.48. The van der Waals surface area contributed by atoms with Crippen molar-refractivity contribution in [1.82, 2.24) is 5.32 Å². The third kappa shape index (κ3) is 2.97. The van der Waals surface area contributed by atoms with Crippen molar-refractivity contribution < 1.29 is 8.60 Å². The molecule has 2 unspecified atom stereocenters. The zero-order chi connectivity index (χ0) is 12.5. The molecule has 94 valence electrons. The van der Waals surface area contributed by atoms with E-state index in [2.05, 4.69) is 9.68 Å². The number of nitrogens with one attached hydrogen (secondary N) is 1. The summed E-state index contributed by atoms with van der Waals surface area (Å²) in [5.41, 5.74) is 0.397. The van der Waals surface area contributed by atoms with Crippen molar-refractivity contribution in [3.05, 3.63) is 29.0 Å². The molecule has 1 N–H and O–H groups in total. The Labute approximate surface area is 106 Å². The highest BCUT2D eigenvalue weighted by Gasteiger charge is 2.25. The fourth-order valence-electron chi connectivity index (χ4n) is 1.85. The van der Waals surface area contributed by atoms with Gasteiger partial charge in [-0.15, -0.1) is 0 Å². The first-order valence-corrected chi connectivity index (χ1v) is 7.60. The maximum absolute atomic E-state index is 13.2. The van der Waals surface area contributed by atoms with Gasteiger partial charge in [0, 0.05) is 23.6 Å². The van der Waals surface area contributed by atoms with Crippen molar-refractivity contribution >= 4 is 27.0 Å². The predicted octanol–water partition coefficient (Wildman–Crippen LogP) is 2.57. The fraction of sp³-hybridized carbons (Fsp3) is 0.455. The van der Waals surface area contributed by atoms with Crippen LogP contribution in [0.2, 0.25) is 5.02 Å². The van der Waals surface area contributed by atoms with E-state index >= 15 is 0 Å². The van der Waals surface area contributed by atoms with Crippen molar-refractivity contribution in [2.24, 2.45) is 4.36 Å². The van der Waals surface area contributed by atoms with E-state index in [4.69, 9.17) is 11.6 Å². The number of nitrogens with zero attached hydrogens (tertiary/aromatic N) is 1. The van der Waals surface area contributed by atoms with Crippen LogP contribution in [-0.4, -0.2) is 28.8 Å². The van der Waals surface area contributed by atoms with Gasteiger partial charge >= 0.3 is 0 Å². The van der Waals surface area contributed by atoms with Gasteiger partial charge in [0.2, 0.25) is 0 Å². The van der Waals surface area contributed by atoms with Crippen LogP contribution >= 0.6 is 11.6 Å². The molecule has 2 atom stereocenters. The lowest BCUT2D eigenvalue weighted by Crippen LogP contribution is -2.25. The number of benzene rings is 1. The second kappa shape index (κ2) is 4.92. The molecule has 6 heteroatoms. The summed E-state index contributed by atoms with van der Waals surface area (Å²) in [6.07, 6.45) is 0.842. The maximum atomic E-state index is 13.2. The van der Waals surface area contributed by atoms with E-state index in [0.29, 0.717) is 17.2 Å². The SMILES string of the molecule is CNC1CCS(=O)(=Nc2ccc(Cl)c(F)c2)C1. The van der Waals surface area contributed by atoms with Gasteiger partial charge in [0.15, 0.2) is 0 Å². The summed E-state index contributed by atoms with van der Waals surface area (Å²) in [5, 5.41) is 3.15. The fourth-order valence-corrected chi connectivity index (χ4v) is 4.41. The van der Waals surface area contributed by atoms with E-state index in [1.807, 2.05) is 7.05 Å². The monoisotopic (exact) mass is 276 g/mol. The Bertz CT molecular complexity index is 540. The highest BCUT2D eigenvalue weighted by Crippen LogP contribution is 2.24. The molecular formula is C11H14ClFN2OS. The molecule has 0 aliphatic carbocycles. The number of rotatable bonds is 2. The maximum Gasteiger partial charge on any atom is 0.143 e. The topological polar surface area (TPSA) is 41.5 Å². The number of hydrogen-bond acceptors (Lipinski definition) is 3. The van der Waals surface area contributed by atoms with Gasteiger partial charge in [0.05, 0.1) is 20.4 Å². The third-order valence-corrected chi connectivity index (χ3v) is 5.48. The molecule has 3 nitrogen and oxygen atoms in total. The van der Waals surface area contributed by atoms with E-state index in [9.17, 15) is 8.60 Å². The smallest absolute Gasteiger partial charge is 0.143 e. The minimum Gasteiger partial charge on any atom is -0.316 e. The molecule has 1 aromatic carbocycles. The molecule has 0 amide bonds. The zero-order valence-electron chi connectivity index (χ0n) is 9.45. The Morgan fingerprint density at radius 2 is 2.35 bits per heavy atom. The van der Waals surface area contributed by atoms with Crippen molar-refractivity contribution in [2.45, 2.75) is 12.5 Å². The molecule has 1 aromatic rings. The lowest BCUT2D eigenvalue weighted by molar-refractivity contribution is 0.622. The van der Waals surface area contributed by atoms with Crippen molar-refractivity contribution in [2.75, 3.05) is 18.6 Å². The Hall–Kier alpha value is -0.650. The summed E-state index contributed by atoms with van der Waals surface area (Å²) < 4.78 is 29.8. The molecule has 1 aliphatic rings. The molecule has 1 aliphatic heterocycles. The average molecular weight is 277 g/mol. The van der Waals surface area contributed by atoms with Crippen molar-refractivity contribution in [3.63, 3.8) is 0 Å². The second-order valence-corrected chi connectivity index (χ2v) is 6.98. The molecule has 2 rings (SSSR count). The standard InChI is InChI=1S/C11H14ClFN2OS/c1-14-9-4-5-17(16,7-9)15-8-2-3-10(12)11(13)6-8/h2-3,6,9,14H,4-5,7H2,1H3. The molecule has 1 fully saturated rings. The molecule has 17 heavy (non-hydrogen) atoms. The molecule has 0 spiro atoms. The summed E-state index contributed by atoms with van der Waals surface area (Å²) in [6.45, 7) is 0. The zero-order valence-corrected chi connectivity index (χ0v) is 11.0. The van der Waals surface area contributed by atoms with Crippen LogP contribution in [-0.2, 0) is 9.73 Å². The minimum absolute atomic E-state index is 0.0541. The third-order valence-electron chi connectivity index (χ3n) is 2.83. The second-order valence-electron chi connectivity index (χ2n) is 4.11. The number of hydrogen-bond donors (Lipinski definition) is 1. The van der Waals surface area contributed by atoms with Gasteiger partial charge < -0.3 is 5.32 Å². The Morgan fingerprint density at radius 1 is 1.59 bits per heavy atom. The van der Waals surface area contributed by atoms with E-state index in [1.54, 1.807) is 6.07 Å². The van der Waals surface area contributed by atoms with Crippen LogP contribution in [0.1, 0.15) is 6.42 Å². The normalized spacial score (nSPS) is 28.3. The lowest BCUT2D eigenvalue weighted by Gasteiger charge is -2.05. The minimum atomic E-state index is -2.24. The quantitative estimate of drug-likeness (QED) is 0.902. The van der Waals surface area contributed by atoms with Crippen LogP contribution in [0, 0.1) is 5.82 Å². The van der Waals surface area contributed by atoms with Crippen molar-refractivity contribution in [3.8, 4) is 0 Å². The van der Waals surface area contributed by atoms with Crippen LogP contribution in [0.15, 0.2) is 22.6 Å². The Morgan fingerprint density at radius 3 is 2.94 bits per heavy atom. The summed E-state index contributed by atoms with van der Waals surface area (Å²) in [7, 11) is -0.400. The first kappa shape index (κ1) is 12.8.